The highest BCUT2D eigenvalue weighted by molar-refractivity contribution is 6.32. The molecule has 0 atom stereocenters. The van der Waals surface area contributed by atoms with Gasteiger partial charge < -0.3 is 14.8 Å². The van der Waals surface area contributed by atoms with Crippen LogP contribution in [0.25, 0.3) is 11.3 Å². The fourth-order valence-electron chi connectivity index (χ4n) is 2.99. The summed E-state index contributed by atoms with van der Waals surface area (Å²) in [4.78, 5) is 19.0. The third-order valence-corrected chi connectivity index (χ3v) is 4.68. The first-order chi connectivity index (χ1) is 13.7. The Balaban J connectivity index is 1.65. The van der Waals surface area contributed by atoms with Gasteiger partial charge in [0, 0.05) is 11.3 Å². The van der Waals surface area contributed by atoms with Crippen molar-refractivity contribution in [2.45, 2.75) is 0 Å². The minimum atomic E-state index is -0.256. The number of para-hydroxylation sites is 1. The molecular weight excluding hydrogens is 378 g/mol. The second kappa shape index (κ2) is 7.78. The monoisotopic (exact) mass is 395 g/mol. The Labute approximate surface area is 167 Å². The average Bonchev–Trinajstić information content (AvgIpc) is 2.73. The van der Waals surface area contributed by atoms with E-state index >= 15 is 0 Å². The maximum Gasteiger partial charge on any atom is 0.327 e. The number of aromatic nitrogens is 1. The molecule has 2 heterocycles. The number of fused-ring (bicyclic) bond motifs is 1. The van der Waals surface area contributed by atoms with E-state index in [0.717, 1.165) is 11.3 Å². The predicted molar refractivity (Wildman–Crippen MR) is 110 cm³/mol. The smallest absolute Gasteiger partial charge is 0.327 e. The molecule has 0 aliphatic carbocycles. The van der Waals surface area contributed by atoms with Gasteiger partial charge in [-0.15, -0.1) is 0 Å². The van der Waals surface area contributed by atoms with Crippen LogP contribution in [-0.2, 0) is 0 Å². The number of methoxy groups -OCH3 is 1. The van der Waals surface area contributed by atoms with Crippen LogP contribution in [0.5, 0.6) is 11.5 Å². The van der Waals surface area contributed by atoms with E-state index in [1.807, 2.05) is 48.5 Å². The Morgan fingerprint density at radius 3 is 2.75 bits per heavy atom. The van der Waals surface area contributed by atoms with Gasteiger partial charge >= 0.3 is 6.03 Å². The summed E-state index contributed by atoms with van der Waals surface area (Å²) in [6.45, 7) is 0.816. The molecule has 0 saturated heterocycles. The fraction of sp³-hybridized carbons (Fsp3) is 0.143. The van der Waals surface area contributed by atoms with Crippen molar-refractivity contribution < 1.29 is 14.3 Å². The maximum absolute atomic E-state index is 12.8. The average molecular weight is 396 g/mol. The molecule has 1 aliphatic heterocycles. The van der Waals surface area contributed by atoms with Crippen molar-refractivity contribution in [3.8, 4) is 22.8 Å². The molecule has 6 nitrogen and oxygen atoms in total. The van der Waals surface area contributed by atoms with Crippen molar-refractivity contribution in [2.24, 2.45) is 0 Å². The topological polar surface area (TPSA) is 63.7 Å². The summed E-state index contributed by atoms with van der Waals surface area (Å²) < 4.78 is 10.9. The summed E-state index contributed by atoms with van der Waals surface area (Å²) in [5.74, 6) is 1.64. The number of pyridine rings is 1. The lowest BCUT2D eigenvalue weighted by Crippen LogP contribution is -2.41. The minimum Gasteiger partial charge on any atom is -0.495 e. The van der Waals surface area contributed by atoms with Gasteiger partial charge in [0.25, 0.3) is 0 Å². The number of nitrogens with one attached hydrogen (secondary N) is 1. The Morgan fingerprint density at radius 1 is 1.18 bits per heavy atom. The van der Waals surface area contributed by atoms with Crippen LogP contribution in [0, 0.1) is 0 Å². The summed E-state index contributed by atoms with van der Waals surface area (Å²) in [6.07, 6.45) is 0. The first kappa shape index (κ1) is 18.1. The molecule has 0 bridgehead atoms. The second-order valence-electron chi connectivity index (χ2n) is 6.16. The number of carbonyl (C=O) groups excluding carboxylic acids is 1. The molecule has 1 aromatic heterocycles. The number of nitrogens with zero attached hydrogens (tertiary/aromatic N) is 2. The number of benzene rings is 2. The molecule has 0 radical (unpaired) electrons. The van der Waals surface area contributed by atoms with Crippen molar-refractivity contribution in [2.75, 3.05) is 30.5 Å². The quantitative estimate of drug-likeness (QED) is 0.689. The van der Waals surface area contributed by atoms with Gasteiger partial charge in [0.2, 0.25) is 0 Å². The highest BCUT2D eigenvalue weighted by Gasteiger charge is 2.26. The molecule has 4 rings (SSSR count). The van der Waals surface area contributed by atoms with Crippen LogP contribution >= 0.6 is 11.6 Å². The van der Waals surface area contributed by atoms with Gasteiger partial charge in [-0.3, -0.25) is 4.90 Å². The molecule has 1 aliphatic rings. The van der Waals surface area contributed by atoms with Gasteiger partial charge in [0.1, 0.15) is 12.4 Å². The van der Waals surface area contributed by atoms with Crippen LogP contribution in [0.1, 0.15) is 0 Å². The largest absolute Gasteiger partial charge is 0.495 e. The Bertz CT molecular complexity index is 1010. The van der Waals surface area contributed by atoms with E-state index in [1.54, 1.807) is 24.1 Å². The molecule has 2 aromatic carbocycles. The molecule has 7 heteroatoms. The van der Waals surface area contributed by atoms with Gasteiger partial charge in [-0.1, -0.05) is 29.8 Å². The number of hydrogen-bond acceptors (Lipinski definition) is 4. The Hall–Kier alpha value is -3.25. The molecule has 28 heavy (non-hydrogen) atoms. The van der Waals surface area contributed by atoms with Crippen molar-refractivity contribution in [1.82, 2.24) is 4.98 Å². The Kier molecular flexibility index (Phi) is 5.04. The first-order valence-corrected chi connectivity index (χ1v) is 9.15. The van der Waals surface area contributed by atoms with E-state index in [0.29, 0.717) is 41.2 Å². The molecular formula is C21H18ClN3O3. The second-order valence-corrected chi connectivity index (χ2v) is 6.57. The molecule has 0 fully saturated rings. The molecule has 0 saturated carbocycles. The number of anilines is 2. The lowest BCUT2D eigenvalue weighted by molar-refractivity contribution is 0.249. The lowest BCUT2D eigenvalue weighted by Gasteiger charge is -2.28. The standard InChI is InChI=1S/C21H18ClN3O3/c1-27-18-9-7-14(13-16(18)22)17-8-10-19-20(24-17)25(11-12-28-19)21(26)23-15-5-3-2-4-6-15/h2-10,13H,11-12H2,1H3,(H,23,26). The summed E-state index contributed by atoms with van der Waals surface area (Å²) in [7, 11) is 1.57. The van der Waals surface area contributed by atoms with Gasteiger partial charge in [0.05, 0.1) is 24.4 Å². The lowest BCUT2D eigenvalue weighted by atomic mass is 10.1. The summed E-state index contributed by atoms with van der Waals surface area (Å²) in [6, 6.07) is 18.2. The highest BCUT2D eigenvalue weighted by atomic mass is 35.5. The van der Waals surface area contributed by atoms with E-state index in [1.165, 1.54) is 0 Å². The van der Waals surface area contributed by atoms with Crippen molar-refractivity contribution in [3.05, 3.63) is 65.7 Å². The molecule has 3 aromatic rings. The first-order valence-electron chi connectivity index (χ1n) is 8.77. The summed E-state index contributed by atoms with van der Waals surface area (Å²) in [5.41, 5.74) is 2.23. The van der Waals surface area contributed by atoms with Gasteiger partial charge in [-0.2, -0.15) is 0 Å². The van der Waals surface area contributed by atoms with Crippen LogP contribution in [-0.4, -0.2) is 31.3 Å². The van der Waals surface area contributed by atoms with E-state index in [9.17, 15) is 4.79 Å². The van der Waals surface area contributed by atoms with Crippen molar-refractivity contribution in [1.29, 1.82) is 0 Å². The molecule has 142 valence electrons. The van der Waals surface area contributed by atoms with Gasteiger partial charge in [0.15, 0.2) is 11.6 Å². The summed E-state index contributed by atoms with van der Waals surface area (Å²) in [5, 5.41) is 3.38. The Morgan fingerprint density at radius 2 is 2.00 bits per heavy atom. The van der Waals surface area contributed by atoms with Crippen LogP contribution < -0.4 is 19.7 Å². The van der Waals surface area contributed by atoms with Crippen LogP contribution in [0.2, 0.25) is 5.02 Å². The maximum atomic E-state index is 12.8. The number of rotatable bonds is 3. The number of halogens is 1. The number of carbonyl (C=O) groups is 1. The molecule has 1 N–H and O–H groups in total. The SMILES string of the molecule is COc1ccc(-c2ccc3c(n2)N(C(=O)Nc2ccccc2)CCO3)cc1Cl. The van der Waals surface area contributed by atoms with Gasteiger partial charge in [-0.25, -0.2) is 9.78 Å². The summed E-state index contributed by atoms with van der Waals surface area (Å²) >= 11 is 6.24. The third kappa shape index (κ3) is 3.59. The number of hydrogen-bond donors (Lipinski definition) is 1. The van der Waals surface area contributed by atoms with E-state index < -0.39 is 0 Å². The number of urea groups is 1. The van der Waals surface area contributed by atoms with E-state index in [2.05, 4.69) is 10.3 Å². The van der Waals surface area contributed by atoms with Crippen LogP contribution in [0.15, 0.2) is 60.7 Å². The third-order valence-electron chi connectivity index (χ3n) is 4.39. The van der Waals surface area contributed by atoms with Crippen LogP contribution in [0.4, 0.5) is 16.3 Å². The predicted octanol–water partition coefficient (Wildman–Crippen LogP) is 4.84. The molecule has 0 spiro atoms. The highest BCUT2D eigenvalue weighted by Crippen LogP contribution is 2.35. The zero-order valence-electron chi connectivity index (χ0n) is 15.2. The van der Waals surface area contributed by atoms with Crippen molar-refractivity contribution >= 4 is 29.1 Å². The van der Waals surface area contributed by atoms with E-state index in [4.69, 9.17) is 21.1 Å². The van der Waals surface area contributed by atoms with E-state index in [-0.39, 0.29) is 6.03 Å². The molecule has 2 amide bonds. The fourth-order valence-corrected chi connectivity index (χ4v) is 3.25. The normalized spacial score (nSPS) is 12.7. The van der Waals surface area contributed by atoms with Crippen molar-refractivity contribution in [3.63, 3.8) is 0 Å². The zero-order valence-corrected chi connectivity index (χ0v) is 15.9. The van der Waals surface area contributed by atoms with Crippen LogP contribution in [0.3, 0.4) is 0 Å². The zero-order chi connectivity index (χ0) is 19.5. The number of ether oxygens (including phenoxy) is 2. The number of amides is 2. The molecule has 0 unspecified atom stereocenters. The minimum absolute atomic E-state index is 0.256. The van der Waals surface area contributed by atoms with Gasteiger partial charge in [-0.05, 0) is 42.5 Å².